The van der Waals surface area contributed by atoms with Crippen LogP contribution in [-0.4, -0.2) is 37.2 Å². The topological polar surface area (TPSA) is 78.9 Å². The van der Waals surface area contributed by atoms with Crippen LogP contribution in [0.15, 0.2) is 36.5 Å². The molecule has 0 saturated heterocycles. The molecule has 0 rings (SSSR count). The average Bonchev–Trinajstić information content (AvgIpc) is 3.42. The highest BCUT2D eigenvalue weighted by molar-refractivity contribution is 5.71. The van der Waals surface area contributed by atoms with E-state index in [1.54, 1.807) is 0 Å². The van der Waals surface area contributed by atoms with Gasteiger partial charge in [-0.1, -0.05) is 320 Å². The molecule has 446 valence electrons. The van der Waals surface area contributed by atoms with Crippen molar-refractivity contribution in [2.45, 2.75) is 380 Å². The van der Waals surface area contributed by atoms with Crippen molar-refractivity contribution in [3.63, 3.8) is 0 Å². The first-order valence-corrected chi connectivity index (χ1v) is 34.0. The third-order valence-electron chi connectivity index (χ3n) is 15.4. The Bertz CT molecular complexity index is 1270. The van der Waals surface area contributed by atoms with Crippen molar-refractivity contribution in [2.24, 2.45) is 0 Å². The van der Waals surface area contributed by atoms with Gasteiger partial charge in [0.25, 0.3) is 0 Å². The number of allylic oxidation sites excluding steroid dienone is 6. The SMILES string of the molecule is CCCC/C=C\CCCCCCCC(=O)OCC(COC(=O)CCCCCCCCCCCCCCCCCCCCCCCCCC)OC(=O)CCCCCCCCCCCCC/C=C\C/C=C\CCCCCCC. The Balaban J connectivity index is 4.20. The third-order valence-corrected chi connectivity index (χ3v) is 15.4. The second-order valence-corrected chi connectivity index (χ2v) is 23.1. The molecule has 0 N–H and O–H groups in total. The molecule has 76 heavy (non-hydrogen) atoms. The predicted octanol–water partition coefficient (Wildman–Crippen LogP) is 23.2. The lowest BCUT2D eigenvalue weighted by atomic mass is 10.0. The number of unbranched alkanes of at least 4 members (excludes halogenated alkanes) is 46. The summed E-state index contributed by atoms with van der Waals surface area (Å²) in [6, 6.07) is 0. The number of carbonyl (C=O) groups is 3. The fourth-order valence-corrected chi connectivity index (χ4v) is 10.2. The van der Waals surface area contributed by atoms with Crippen molar-refractivity contribution in [1.82, 2.24) is 0 Å². The van der Waals surface area contributed by atoms with Crippen LogP contribution in [0.25, 0.3) is 0 Å². The number of esters is 3. The molecule has 0 amide bonds. The van der Waals surface area contributed by atoms with Gasteiger partial charge in [0.05, 0.1) is 0 Å². The molecule has 0 heterocycles. The molecule has 0 bridgehead atoms. The van der Waals surface area contributed by atoms with E-state index in [9.17, 15) is 14.4 Å². The second-order valence-electron chi connectivity index (χ2n) is 23.1. The normalized spacial score (nSPS) is 12.2. The Kier molecular flexibility index (Phi) is 63.1. The van der Waals surface area contributed by atoms with Crippen LogP contribution in [0.4, 0.5) is 0 Å². The van der Waals surface area contributed by atoms with E-state index in [-0.39, 0.29) is 31.1 Å². The Morgan fingerprint density at radius 3 is 0.776 bits per heavy atom. The van der Waals surface area contributed by atoms with Gasteiger partial charge >= 0.3 is 17.9 Å². The molecule has 1 unspecified atom stereocenters. The van der Waals surface area contributed by atoms with E-state index in [0.29, 0.717) is 19.3 Å². The fraction of sp³-hybridized carbons (Fsp3) is 0.871. The van der Waals surface area contributed by atoms with E-state index in [2.05, 4.69) is 57.2 Å². The Morgan fingerprint density at radius 1 is 0.263 bits per heavy atom. The molecule has 0 spiro atoms. The molecule has 0 saturated carbocycles. The molecule has 0 aliphatic rings. The van der Waals surface area contributed by atoms with Gasteiger partial charge in [-0.2, -0.15) is 0 Å². The molecule has 0 aliphatic heterocycles. The van der Waals surface area contributed by atoms with E-state index in [1.165, 1.54) is 263 Å². The number of carbonyl (C=O) groups excluding carboxylic acids is 3. The summed E-state index contributed by atoms with van der Waals surface area (Å²) < 4.78 is 16.9. The molecule has 0 radical (unpaired) electrons. The van der Waals surface area contributed by atoms with Crippen LogP contribution < -0.4 is 0 Å². The summed E-state index contributed by atoms with van der Waals surface area (Å²) in [6.07, 6.45) is 80.3. The van der Waals surface area contributed by atoms with Crippen molar-refractivity contribution in [1.29, 1.82) is 0 Å². The van der Waals surface area contributed by atoms with Crippen molar-refractivity contribution in [3.8, 4) is 0 Å². The predicted molar refractivity (Wildman–Crippen MR) is 330 cm³/mol. The van der Waals surface area contributed by atoms with Crippen molar-refractivity contribution >= 4 is 17.9 Å². The molecule has 0 aromatic rings. The maximum absolute atomic E-state index is 12.9. The van der Waals surface area contributed by atoms with Gasteiger partial charge in [0.15, 0.2) is 6.10 Å². The van der Waals surface area contributed by atoms with Gasteiger partial charge < -0.3 is 14.2 Å². The highest BCUT2D eigenvalue weighted by Crippen LogP contribution is 2.18. The van der Waals surface area contributed by atoms with E-state index < -0.39 is 6.10 Å². The number of hydrogen-bond donors (Lipinski definition) is 0. The average molecular weight is 1070 g/mol. The summed E-state index contributed by atoms with van der Waals surface area (Å²) >= 11 is 0. The minimum atomic E-state index is -0.775. The maximum Gasteiger partial charge on any atom is 0.306 e. The zero-order chi connectivity index (χ0) is 55.0. The highest BCUT2D eigenvalue weighted by Gasteiger charge is 2.19. The van der Waals surface area contributed by atoms with Crippen LogP contribution in [0.2, 0.25) is 0 Å². The van der Waals surface area contributed by atoms with E-state index in [1.807, 2.05) is 0 Å². The van der Waals surface area contributed by atoms with Crippen LogP contribution in [0.3, 0.4) is 0 Å². The smallest absolute Gasteiger partial charge is 0.306 e. The lowest BCUT2D eigenvalue weighted by Gasteiger charge is -2.18. The van der Waals surface area contributed by atoms with Crippen molar-refractivity contribution < 1.29 is 28.6 Å². The van der Waals surface area contributed by atoms with Crippen LogP contribution in [-0.2, 0) is 28.6 Å². The minimum absolute atomic E-state index is 0.0710. The zero-order valence-corrected chi connectivity index (χ0v) is 51.3. The molecule has 0 aromatic heterocycles. The molecular weight excluding hydrogens is 937 g/mol. The van der Waals surface area contributed by atoms with Crippen molar-refractivity contribution in [2.75, 3.05) is 13.2 Å². The van der Waals surface area contributed by atoms with Gasteiger partial charge in [-0.25, -0.2) is 0 Å². The molecule has 6 heteroatoms. The molecule has 0 fully saturated rings. The van der Waals surface area contributed by atoms with E-state index >= 15 is 0 Å². The van der Waals surface area contributed by atoms with Crippen LogP contribution in [0, 0.1) is 0 Å². The first-order valence-electron chi connectivity index (χ1n) is 34.0. The number of hydrogen-bond acceptors (Lipinski definition) is 6. The molecular formula is C70H130O6. The quantitative estimate of drug-likeness (QED) is 0.0261. The zero-order valence-electron chi connectivity index (χ0n) is 51.3. The van der Waals surface area contributed by atoms with Gasteiger partial charge in [-0.3, -0.25) is 14.4 Å². The van der Waals surface area contributed by atoms with Crippen LogP contribution in [0.5, 0.6) is 0 Å². The molecule has 0 aromatic carbocycles. The second kappa shape index (κ2) is 65.2. The fourth-order valence-electron chi connectivity index (χ4n) is 10.2. The highest BCUT2D eigenvalue weighted by atomic mass is 16.6. The van der Waals surface area contributed by atoms with E-state index in [0.717, 1.165) is 70.6 Å². The maximum atomic E-state index is 12.9. The number of ether oxygens (including phenoxy) is 3. The Morgan fingerprint density at radius 2 is 0.487 bits per heavy atom. The first kappa shape index (κ1) is 73.6. The van der Waals surface area contributed by atoms with E-state index in [4.69, 9.17) is 14.2 Å². The Labute approximate surface area is 474 Å². The van der Waals surface area contributed by atoms with Gasteiger partial charge in [-0.05, 0) is 70.6 Å². The summed E-state index contributed by atoms with van der Waals surface area (Å²) in [5.41, 5.74) is 0. The molecule has 1 atom stereocenters. The van der Waals surface area contributed by atoms with Gasteiger partial charge in [0.1, 0.15) is 13.2 Å². The van der Waals surface area contributed by atoms with Crippen molar-refractivity contribution in [3.05, 3.63) is 36.5 Å². The Hall–Kier alpha value is -2.37. The van der Waals surface area contributed by atoms with Crippen LogP contribution in [0.1, 0.15) is 374 Å². The molecule has 0 aliphatic carbocycles. The summed E-state index contributed by atoms with van der Waals surface area (Å²) in [7, 11) is 0. The standard InChI is InChI=1S/C70H130O6/c1-4-7-10-13-16-19-22-24-26-28-30-32-34-36-37-39-41-43-45-48-51-54-57-60-63-69(72)75-66-67(65-74-68(71)62-59-56-53-50-47-21-18-15-12-9-6-3)76-70(73)64-61-58-55-52-49-46-44-42-40-38-35-33-31-29-27-25-23-20-17-14-11-8-5-2/h15,18,23,25,29,31,67H,4-14,16-17,19-22,24,26-28,30,32-66H2,1-3H3/b18-15-,25-23-,31-29-. The summed E-state index contributed by atoms with van der Waals surface area (Å²) in [5.74, 6) is -0.859. The monoisotopic (exact) mass is 1070 g/mol. The van der Waals surface area contributed by atoms with Gasteiger partial charge in [0.2, 0.25) is 0 Å². The summed E-state index contributed by atoms with van der Waals surface area (Å²) in [5, 5.41) is 0. The van der Waals surface area contributed by atoms with Gasteiger partial charge in [-0.15, -0.1) is 0 Å². The lowest BCUT2D eigenvalue weighted by Crippen LogP contribution is -2.30. The molecule has 6 nitrogen and oxygen atoms in total. The van der Waals surface area contributed by atoms with Crippen LogP contribution >= 0.6 is 0 Å². The lowest BCUT2D eigenvalue weighted by molar-refractivity contribution is -0.167. The largest absolute Gasteiger partial charge is 0.462 e. The summed E-state index contributed by atoms with van der Waals surface area (Å²) in [4.78, 5) is 38.3. The van der Waals surface area contributed by atoms with Gasteiger partial charge in [0, 0.05) is 19.3 Å². The number of rotatable bonds is 63. The first-order chi connectivity index (χ1) is 37.5. The summed E-state index contributed by atoms with van der Waals surface area (Å²) in [6.45, 7) is 6.65. The minimum Gasteiger partial charge on any atom is -0.462 e. The third kappa shape index (κ3) is 62.5.